The molecule has 1 aliphatic rings. The van der Waals surface area contributed by atoms with E-state index in [-0.39, 0.29) is 16.9 Å². The van der Waals surface area contributed by atoms with Crippen LogP contribution in [0.2, 0.25) is 0 Å². The van der Waals surface area contributed by atoms with Crippen LogP contribution in [0, 0.1) is 23.4 Å². The van der Waals surface area contributed by atoms with Crippen LogP contribution in [0.4, 0.5) is 13.2 Å². The predicted molar refractivity (Wildman–Crippen MR) is 137 cm³/mol. The molecule has 0 heterocycles. The highest BCUT2D eigenvalue weighted by Gasteiger charge is 2.22. The van der Waals surface area contributed by atoms with E-state index in [1.807, 2.05) is 43.3 Å². The first-order valence-corrected chi connectivity index (χ1v) is 12.7. The normalized spacial score (nSPS) is 18.2. The summed E-state index contributed by atoms with van der Waals surface area (Å²) in [5, 5.41) is 0. The van der Waals surface area contributed by atoms with Crippen LogP contribution >= 0.6 is 0 Å². The molecule has 0 aliphatic heterocycles. The van der Waals surface area contributed by atoms with Gasteiger partial charge in [-0.25, -0.2) is 13.2 Å². The van der Waals surface area contributed by atoms with E-state index < -0.39 is 11.6 Å². The fourth-order valence-corrected chi connectivity index (χ4v) is 4.98. The standard InChI is InChI=1S/C31H33F3O/c1-3-5-21-8-13-24(14-9-21)27-18-16-25(30(33)31(27)34)15-10-22-6-11-23(12-7-22)26-17-19-29(35-4-2)28(32)20-26/h8-10,13-20,22-23H,3-7,11-12H2,1-2H3. The zero-order valence-electron chi connectivity index (χ0n) is 20.5. The minimum Gasteiger partial charge on any atom is -0.491 e. The third-order valence-corrected chi connectivity index (χ3v) is 6.96. The van der Waals surface area contributed by atoms with Gasteiger partial charge in [0.2, 0.25) is 0 Å². The lowest BCUT2D eigenvalue weighted by Crippen LogP contribution is -2.12. The van der Waals surface area contributed by atoms with Crippen LogP contribution in [0.15, 0.2) is 60.7 Å². The second-order valence-electron chi connectivity index (χ2n) is 9.37. The molecule has 0 amide bonds. The molecule has 0 atom stereocenters. The summed E-state index contributed by atoms with van der Waals surface area (Å²) in [6.45, 7) is 4.39. The molecular weight excluding hydrogens is 445 g/mol. The number of benzene rings is 3. The summed E-state index contributed by atoms with van der Waals surface area (Å²) in [5.74, 6) is -1.04. The van der Waals surface area contributed by atoms with Gasteiger partial charge in [-0.3, -0.25) is 0 Å². The third-order valence-electron chi connectivity index (χ3n) is 6.96. The average molecular weight is 479 g/mol. The number of halogens is 3. The minimum absolute atomic E-state index is 0.268. The molecule has 1 aliphatic carbocycles. The topological polar surface area (TPSA) is 9.23 Å². The Bertz CT molecular complexity index is 1160. The van der Waals surface area contributed by atoms with Crippen LogP contribution in [-0.4, -0.2) is 6.61 Å². The molecule has 0 saturated heterocycles. The van der Waals surface area contributed by atoms with Crippen molar-refractivity contribution in [1.29, 1.82) is 0 Å². The van der Waals surface area contributed by atoms with E-state index in [1.54, 1.807) is 30.3 Å². The summed E-state index contributed by atoms with van der Waals surface area (Å²) in [6, 6.07) is 16.2. The molecule has 0 bridgehead atoms. The van der Waals surface area contributed by atoms with Crippen molar-refractivity contribution in [3.63, 3.8) is 0 Å². The van der Waals surface area contributed by atoms with Gasteiger partial charge in [-0.15, -0.1) is 0 Å². The Labute approximate surface area is 206 Å². The van der Waals surface area contributed by atoms with Gasteiger partial charge in [-0.05, 0) is 79.7 Å². The second-order valence-corrected chi connectivity index (χ2v) is 9.37. The van der Waals surface area contributed by atoms with Crippen molar-refractivity contribution in [2.75, 3.05) is 6.61 Å². The van der Waals surface area contributed by atoms with Crippen molar-refractivity contribution in [3.05, 3.63) is 94.8 Å². The van der Waals surface area contributed by atoms with Gasteiger partial charge in [0.25, 0.3) is 0 Å². The van der Waals surface area contributed by atoms with Gasteiger partial charge in [0.15, 0.2) is 23.2 Å². The molecule has 0 N–H and O–H groups in total. The lowest BCUT2D eigenvalue weighted by Gasteiger charge is -2.27. The highest BCUT2D eigenvalue weighted by atomic mass is 19.2. The highest BCUT2D eigenvalue weighted by molar-refractivity contribution is 5.67. The predicted octanol–water partition coefficient (Wildman–Crippen LogP) is 9.11. The number of aryl methyl sites for hydroxylation is 1. The summed E-state index contributed by atoms with van der Waals surface area (Å²) in [5.41, 5.74) is 3.43. The Morgan fingerprint density at radius 1 is 0.857 bits per heavy atom. The van der Waals surface area contributed by atoms with Crippen molar-refractivity contribution >= 4 is 6.08 Å². The summed E-state index contributed by atoms with van der Waals surface area (Å²) < 4.78 is 49.2. The van der Waals surface area contributed by atoms with Crippen LogP contribution in [-0.2, 0) is 6.42 Å². The summed E-state index contributed by atoms with van der Waals surface area (Å²) in [6.07, 6.45) is 9.45. The molecule has 35 heavy (non-hydrogen) atoms. The van der Waals surface area contributed by atoms with E-state index >= 15 is 0 Å². The van der Waals surface area contributed by atoms with Gasteiger partial charge < -0.3 is 4.74 Å². The van der Waals surface area contributed by atoms with E-state index in [4.69, 9.17) is 4.74 Å². The molecule has 0 spiro atoms. The highest BCUT2D eigenvalue weighted by Crippen LogP contribution is 2.38. The van der Waals surface area contributed by atoms with Crippen LogP contribution in [0.5, 0.6) is 5.75 Å². The maximum atomic E-state index is 14.9. The van der Waals surface area contributed by atoms with Gasteiger partial charge in [0.05, 0.1) is 6.61 Å². The summed E-state index contributed by atoms with van der Waals surface area (Å²) in [7, 11) is 0. The fourth-order valence-electron chi connectivity index (χ4n) is 4.98. The second kappa shape index (κ2) is 11.6. The summed E-state index contributed by atoms with van der Waals surface area (Å²) >= 11 is 0. The number of ether oxygens (including phenoxy) is 1. The fraction of sp³-hybridized carbons (Fsp3) is 0.355. The summed E-state index contributed by atoms with van der Waals surface area (Å²) in [4.78, 5) is 0. The van der Waals surface area contributed by atoms with E-state index in [9.17, 15) is 13.2 Å². The van der Waals surface area contributed by atoms with Crippen LogP contribution in [0.1, 0.15) is 68.6 Å². The van der Waals surface area contributed by atoms with Gasteiger partial charge in [0, 0.05) is 11.1 Å². The third kappa shape index (κ3) is 5.98. The molecular formula is C31H33F3O. The molecule has 3 aromatic carbocycles. The van der Waals surface area contributed by atoms with Crippen molar-refractivity contribution in [3.8, 4) is 16.9 Å². The van der Waals surface area contributed by atoms with E-state index in [0.717, 1.165) is 44.1 Å². The first kappa shape index (κ1) is 25.1. The van der Waals surface area contributed by atoms with Gasteiger partial charge in [-0.1, -0.05) is 68.0 Å². The molecule has 4 heteroatoms. The SMILES string of the molecule is CCCc1ccc(-c2ccc(C=CC3CCC(c4ccc(OCC)c(F)c4)CC3)c(F)c2F)cc1. The van der Waals surface area contributed by atoms with Crippen molar-refractivity contribution < 1.29 is 17.9 Å². The largest absolute Gasteiger partial charge is 0.491 e. The monoisotopic (exact) mass is 478 g/mol. The molecule has 1 fully saturated rings. The zero-order chi connectivity index (χ0) is 24.8. The molecule has 184 valence electrons. The minimum atomic E-state index is -0.810. The number of rotatable bonds is 8. The van der Waals surface area contributed by atoms with Gasteiger partial charge >= 0.3 is 0 Å². The molecule has 4 rings (SSSR count). The van der Waals surface area contributed by atoms with E-state index in [1.165, 1.54) is 5.56 Å². The molecule has 0 unspecified atom stereocenters. The van der Waals surface area contributed by atoms with Crippen molar-refractivity contribution in [2.24, 2.45) is 5.92 Å². The lowest BCUT2D eigenvalue weighted by molar-refractivity contribution is 0.320. The van der Waals surface area contributed by atoms with Crippen LogP contribution < -0.4 is 4.74 Å². The van der Waals surface area contributed by atoms with Crippen LogP contribution in [0.25, 0.3) is 17.2 Å². The Kier molecular flexibility index (Phi) is 8.33. The Morgan fingerprint density at radius 3 is 2.26 bits per heavy atom. The maximum Gasteiger partial charge on any atom is 0.167 e. The smallest absolute Gasteiger partial charge is 0.167 e. The van der Waals surface area contributed by atoms with E-state index in [0.29, 0.717) is 29.8 Å². The average Bonchev–Trinajstić information content (AvgIpc) is 2.87. The molecule has 0 aromatic heterocycles. The Hall–Kier alpha value is -3.01. The molecule has 0 radical (unpaired) electrons. The Morgan fingerprint density at radius 2 is 1.60 bits per heavy atom. The quantitative estimate of drug-likeness (QED) is 0.314. The van der Waals surface area contributed by atoms with Gasteiger partial charge in [0.1, 0.15) is 0 Å². The Balaban J connectivity index is 1.39. The lowest BCUT2D eigenvalue weighted by atomic mass is 9.78. The van der Waals surface area contributed by atoms with Gasteiger partial charge in [-0.2, -0.15) is 0 Å². The van der Waals surface area contributed by atoms with Crippen LogP contribution in [0.3, 0.4) is 0 Å². The molecule has 1 nitrogen and oxygen atoms in total. The van der Waals surface area contributed by atoms with Crippen molar-refractivity contribution in [2.45, 2.75) is 58.3 Å². The number of hydrogen-bond acceptors (Lipinski definition) is 1. The maximum absolute atomic E-state index is 14.9. The number of hydrogen-bond donors (Lipinski definition) is 0. The zero-order valence-corrected chi connectivity index (χ0v) is 20.5. The molecule has 3 aromatic rings. The van der Waals surface area contributed by atoms with E-state index in [2.05, 4.69) is 6.92 Å². The number of allylic oxidation sites excluding steroid dienone is 1. The first-order chi connectivity index (χ1) is 17.0. The first-order valence-electron chi connectivity index (χ1n) is 12.7. The molecule has 1 saturated carbocycles. The van der Waals surface area contributed by atoms with Crippen molar-refractivity contribution in [1.82, 2.24) is 0 Å².